The number of thiophene rings is 1. The van der Waals surface area contributed by atoms with Crippen molar-refractivity contribution in [3.8, 4) is 0 Å². The van der Waals surface area contributed by atoms with E-state index in [0.29, 0.717) is 6.54 Å². The number of hydrogen-bond acceptors (Lipinski definition) is 3. The number of aromatic carboxylic acids is 1. The summed E-state index contributed by atoms with van der Waals surface area (Å²) in [5, 5.41) is 12.0. The molecule has 0 aliphatic rings. The van der Waals surface area contributed by atoms with E-state index in [9.17, 15) is 9.18 Å². The second-order valence-corrected chi connectivity index (χ2v) is 6.02. The summed E-state index contributed by atoms with van der Waals surface area (Å²) in [7, 11) is 0. The quantitative estimate of drug-likeness (QED) is 0.887. The van der Waals surface area contributed by atoms with Gasteiger partial charge in [-0.1, -0.05) is 6.07 Å². The van der Waals surface area contributed by atoms with Crippen LogP contribution in [0.25, 0.3) is 0 Å². The third-order valence-electron chi connectivity index (χ3n) is 3.11. The number of aryl methyl sites for hydroxylation is 2. The number of carbonyl (C=O) groups is 1. The number of benzene rings is 1. The van der Waals surface area contributed by atoms with E-state index in [1.54, 1.807) is 17.4 Å². The topological polar surface area (TPSA) is 49.3 Å². The highest BCUT2D eigenvalue weighted by atomic mass is 32.1. The summed E-state index contributed by atoms with van der Waals surface area (Å²) in [6, 6.07) is 6.33. The summed E-state index contributed by atoms with van der Waals surface area (Å²) >= 11 is 1.74. The Labute approximate surface area is 121 Å². The minimum atomic E-state index is -1.24. The van der Waals surface area contributed by atoms with Crippen molar-refractivity contribution >= 4 is 17.3 Å². The van der Waals surface area contributed by atoms with Crippen LogP contribution < -0.4 is 5.32 Å². The summed E-state index contributed by atoms with van der Waals surface area (Å²) in [6.45, 7) is 5.40. The zero-order valence-electron chi connectivity index (χ0n) is 11.4. The molecule has 0 spiro atoms. The smallest absolute Gasteiger partial charge is 0.338 e. The molecule has 20 heavy (non-hydrogen) atoms. The predicted molar refractivity (Wildman–Crippen MR) is 77.7 cm³/mol. The Hall–Kier alpha value is -1.72. The van der Waals surface area contributed by atoms with Crippen LogP contribution in [0.4, 0.5) is 4.39 Å². The normalized spacial score (nSPS) is 10.8. The van der Waals surface area contributed by atoms with E-state index in [-0.39, 0.29) is 5.56 Å². The van der Waals surface area contributed by atoms with E-state index in [1.807, 2.05) is 0 Å². The molecule has 1 aromatic heterocycles. The Balaban J connectivity index is 1.94. The van der Waals surface area contributed by atoms with Gasteiger partial charge in [0, 0.05) is 22.8 Å². The van der Waals surface area contributed by atoms with Gasteiger partial charge in [0.1, 0.15) is 5.82 Å². The second kappa shape index (κ2) is 6.15. The van der Waals surface area contributed by atoms with Crippen molar-refractivity contribution in [2.24, 2.45) is 0 Å². The number of rotatable bonds is 5. The van der Waals surface area contributed by atoms with Crippen LogP contribution in [-0.2, 0) is 13.1 Å². The molecule has 0 aliphatic heterocycles. The molecular formula is C15H16FNO2S. The average molecular weight is 293 g/mol. The largest absolute Gasteiger partial charge is 0.478 e. The lowest BCUT2D eigenvalue weighted by Gasteiger charge is -2.05. The van der Waals surface area contributed by atoms with Crippen molar-refractivity contribution in [3.05, 3.63) is 56.5 Å². The van der Waals surface area contributed by atoms with Gasteiger partial charge in [-0.3, -0.25) is 0 Å². The fourth-order valence-corrected chi connectivity index (χ4v) is 2.93. The number of carboxylic acid groups (broad SMARTS) is 1. The van der Waals surface area contributed by atoms with Crippen molar-refractivity contribution in [2.45, 2.75) is 26.9 Å². The van der Waals surface area contributed by atoms with E-state index < -0.39 is 11.8 Å². The van der Waals surface area contributed by atoms with Crippen LogP contribution in [0.2, 0.25) is 0 Å². The second-order valence-electron chi connectivity index (χ2n) is 4.67. The maximum atomic E-state index is 13.5. The lowest BCUT2D eigenvalue weighted by atomic mass is 10.1. The van der Waals surface area contributed by atoms with Crippen molar-refractivity contribution < 1.29 is 14.3 Å². The lowest BCUT2D eigenvalue weighted by molar-refractivity contribution is 0.0692. The first-order valence-corrected chi connectivity index (χ1v) is 7.07. The molecule has 5 heteroatoms. The van der Waals surface area contributed by atoms with Crippen LogP contribution in [0.1, 0.15) is 31.2 Å². The van der Waals surface area contributed by atoms with Gasteiger partial charge in [0.05, 0.1) is 5.56 Å². The molecule has 106 valence electrons. The van der Waals surface area contributed by atoms with Crippen molar-refractivity contribution in [2.75, 3.05) is 0 Å². The molecule has 0 amide bonds. The van der Waals surface area contributed by atoms with E-state index in [1.165, 1.54) is 27.5 Å². The zero-order valence-corrected chi connectivity index (χ0v) is 12.2. The van der Waals surface area contributed by atoms with Gasteiger partial charge in [-0.2, -0.15) is 0 Å². The maximum Gasteiger partial charge on any atom is 0.338 e. The van der Waals surface area contributed by atoms with Crippen LogP contribution in [-0.4, -0.2) is 11.1 Å². The first-order valence-electron chi connectivity index (χ1n) is 6.25. The van der Waals surface area contributed by atoms with Gasteiger partial charge in [0.15, 0.2) is 0 Å². The van der Waals surface area contributed by atoms with Crippen LogP contribution in [0.15, 0.2) is 24.3 Å². The minimum Gasteiger partial charge on any atom is -0.478 e. The van der Waals surface area contributed by atoms with Gasteiger partial charge >= 0.3 is 5.97 Å². The number of hydrogen-bond donors (Lipinski definition) is 2. The Bertz CT molecular complexity index is 617. The van der Waals surface area contributed by atoms with Gasteiger partial charge in [-0.25, -0.2) is 9.18 Å². The molecule has 2 aromatic rings. The third-order valence-corrected chi connectivity index (χ3v) is 4.26. The standard InChI is InChI=1S/C15H16FNO2S/c1-9-5-12(20-10(9)2)8-17-7-11-3-4-13(15(18)19)14(16)6-11/h3-6,17H,7-8H2,1-2H3,(H,18,19). The van der Waals surface area contributed by atoms with E-state index in [4.69, 9.17) is 5.11 Å². The first-order chi connectivity index (χ1) is 9.47. The molecule has 0 bridgehead atoms. The predicted octanol–water partition coefficient (Wildman–Crippen LogP) is 3.49. The summed E-state index contributed by atoms with van der Waals surface area (Å²) in [5.41, 5.74) is 1.72. The molecule has 2 rings (SSSR count). The number of halogens is 1. The molecule has 0 unspecified atom stereocenters. The Kier molecular flexibility index (Phi) is 4.52. The summed E-state index contributed by atoms with van der Waals surface area (Å²) in [6.07, 6.45) is 0. The van der Waals surface area contributed by atoms with Crippen LogP contribution in [0, 0.1) is 19.7 Å². The zero-order chi connectivity index (χ0) is 14.7. The Morgan fingerprint density at radius 1 is 1.30 bits per heavy atom. The van der Waals surface area contributed by atoms with Gasteiger partial charge in [-0.15, -0.1) is 11.3 Å². The average Bonchev–Trinajstić information content (AvgIpc) is 2.68. The fraction of sp³-hybridized carbons (Fsp3) is 0.267. The maximum absolute atomic E-state index is 13.5. The molecule has 3 nitrogen and oxygen atoms in total. The highest BCUT2D eigenvalue weighted by molar-refractivity contribution is 7.12. The highest BCUT2D eigenvalue weighted by Crippen LogP contribution is 2.20. The molecule has 1 aromatic carbocycles. The van der Waals surface area contributed by atoms with E-state index in [2.05, 4.69) is 25.2 Å². The SMILES string of the molecule is Cc1cc(CNCc2ccc(C(=O)O)c(F)c2)sc1C. The fourth-order valence-electron chi connectivity index (χ4n) is 1.91. The van der Waals surface area contributed by atoms with Crippen LogP contribution >= 0.6 is 11.3 Å². The molecule has 2 N–H and O–H groups in total. The van der Waals surface area contributed by atoms with E-state index >= 15 is 0 Å². The van der Waals surface area contributed by atoms with Crippen molar-refractivity contribution in [3.63, 3.8) is 0 Å². The molecule has 0 aliphatic carbocycles. The van der Waals surface area contributed by atoms with Gasteiger partial charge in [-0.05, 0) is 43.2 Å². The van der Waals surface area contributed by atoms with Crippen LogP contribution in [0.5, 0.6) is 0 Å². The number of carboxylic acids is 1. The molecule has 0 radical (unpaired) electrons. The Morgan fingerprint density at radius 3 is 2.60 bits per heavy atom. The van der Waals surface area contributed by atoms with Gasteiger partial charge in [0.25, 0.3) is 0 Å². The van der Waals surface area contributed by atoms with Crippen LogP contribution in [0.3, 0.4) is 0 Å². The molecule has 0 fully saturated rings. The van der Waals surface area contributed by atoms with Gasteiger partial charge < -0.3 is 10.4 Å². The summed E-state index contributed by atoms with van der Waals surface area (Å²) in [5.74, 6) is -1.94. The van der Waals surface area contributed by atoms with Gasteiger partial charge in [0.2, 0.25) is 0 Å². The molecule has 1 heterocycles. The summed E-state index contributed by atoms with van der Waals surface area (Å²) < 4.78 is 13.5. The lowest BCUT2D eigenvalue weighted by Crippen LogP contribution is -2.12. The third kappa shape index (κ3) is 3.43. The first kappa shape index (κ1) is 14.7. The van der Waals surface area contributed by atoms with E-state index in [0.717, 1.165) is 12.1 Å². The Morgan fingerprint density at radius 2 is 2.05 bits per heavy atom. The highest BCUT2D eigenvalue weighted by Gasteiger charge is 2.10. The van der Waals surface area contributed by atoms with Crippen molar-refractivity contribution in [1.29, 1.82) is 0 Å². The molecular weight excluding hydrogens is 277 g/mol. The molecule has 0 atom stereocenters. The monoisotopic (exact) mass is 293 g/mol. The summed E-state index contributed by atoms with van der Waals surface area (Å²) in [4.78, 5) is 13.3. The minimum absolute atomic E-state index is 0.293. The van der Waals surface area contributed by atoms with Crippen molar-refractivity contribution in [1.82, 2.24) is 5.32 Å². The number of nitrogens with one attached hydrogen (secondary N) is 1. The molecule has 0 saturated carbocycles. The molecule has 0 saturated heterocycles.